The van der Waals surface area contributed by atoms with Gasteiger partial charge in [0, 0.05) is 17.9 Å². The summed E-state index contributed by atoms with van der Waals surface area (Å²) in [6.07, 6.45) is 0.382. The number of nitrogens with zero attached hydrogens (tertiary/aromatic N) is 1. The summed E-state index contributed by atoms with van der Waals surface area (Å²) in [5.41, 5.74) is 2.55. The fourth-order valence-electron chi connectivity index (χ4n) is 2.67. The molecule has 5 heteroatoms. The van der Waals surface area contributed by atoms with Gasteiger partial charge in [-0.2, -0.15) is 0 Å². The lowest BCUT2D eigenvalue weighted by Crippen LogP contribution is -2.25. The number of carbonyl (C=O) groups excluding carboxylic acids is 2. The topological polar surface area (TPSA) is 58.6 Å². The van der Waals surface area contributed by atoms with Crippen LogP contribution >= 0.6 is 0 Å². The summed E-state index contributed by atoms with van der Waals surface area (Å²) in [5.74, 6) is 0.518. The SMILES string of the molecule is CCN1C(=O)Cc2cc(NC(=O)COc3ccccc3)ccc21. The molecule has 118 valence electrons. The first-order valence-corrected chi connectivity index (χ1v) is 7.58. The van der Waals surface area contributed by atoms with Gasteiger partial charge in [0.15, 0.2) is 6.61 Å². The van der Waals surface area contributed by atoms with Gasteiger partial charge in [-0.3, -0.25) is 9.59 Å². The zero-order valence-corrected chi connectivity index (χ0v) is 12.9. The lowest BCUT2D eigenvalue weighted by Gasteiger charge is -2.15. The quantitative estimate of drug-likeness (QED) is 0.923. The van der Waals surface area contributed by atoms with Crippen molar-refractivity contribution in [2.24, 2.45) is 0 Å². The van der Waals surface area contributed by atoms with Crippen LogP contribution in [0, 0.1) is 0 Å². The van der Waals surface area contributed by atoms with Crippen LogP contribution in [0.3, 0.4) is 0 Å². The number of ether oxygens (including phenoxy) is 1. The molecule has 1 N–H and O–H groups in total. The molecule has 0 fully saturated rings. The van der Waals surface area contributed by atoms with Gasteiger partial charge < -0.3 is 15.0 Å². The Morgan fingerprint density at radius 2 is 2.00 bits per heavy atom. The Hall–Kier alpha value is -2.82. The molecular formula is C18H18N2O3. The molecule has 1 heterocycles. The number of rotatable bonds is 5. The fraction of sp³-hybridized carbons (Fsp3) is 0.222. The van der Waals surface area contributed by atoms with Crippen LogP contribution in [0.25, 0.3) is 0 Å². The first-order valence-electron chi connectivity index (χ1n) is 7.58. The highest BCUT2D eigenvalue weighted by atomic mass is 16.5. The standard InChI is InChI=1S/C18H18N2O3/c1-2-20-16-9-8-14(10-13(16)11-18(20)22)19-17(21)12-23-15-6-4-3-5-7-15/h3-10H,2,11-12H2,1H3,(H,19,21). The van der Waals surface area contributed by atoms with Gasteiger partial charge in [0.05, 0.1) is 6.42 Å². The molecule has 3 rings (SSSR count). The maximum absolute atomic E-state index is 12.0. The van der Waals surface area contributed by atoms with Crippen molar-refractivity contribution in [3.05, 3.63) is 54.1 Å². The minimum Gasteiger partial charge on any atom is -0.484 e. The van der Waals surface area contributed by atoms with E-state index in [1.165, 1.54) is 0 Å². The number of amides is 2. The smallest absolute Gasteiger partial charge is 0.262 e. The molecule has 2 aromatic carbocycles. The molecule has 0 radical (unpaired) electrons. The third kappa shape index (κ3) is 3.34. The molecule has 0 bridgehead atoms. The van der Waals surface area contributed by atoms with Crippen LogP contribution in [-0.4, -0.2) is 25.0 Å². The van der Waals surface area contributed by atoms with Crippen molar-refractivity contribution in [2.75, 3.05) is 23.4 Å². The van der Waals surface area contributed by atoms with Gasteiger partial charge in [-0.25, -0.2) is 0 Å². The second-order valence-corrected chi connectivity index (χ2v) is 5.31. The van der Waals surface area contributed by atoms with E-state index >= 15 is 0 Å². The second kappa shape index (κ2) is 6.52. The summed E-state index contributed by atoms with van der Waals surface area (Å²) in [7, 11) is 0. The number of hydrogen-bond donors (Lipinski definition) is 1. The molecular weight excluding hydrogens is 292 g/mol. The summed E-state index contributed by atoms with van der Waals surface area (Å²) in [6.45, 7) is 2.55. The van der Waals surface area contributed by atoms with E-state index in [0.29, 0.717) is 24.4 Å². The van der Waals surface area contributed by atoms with Gasteiger partial charge in [-0.1, -0.05) is 18.2 Å². The fourth-order valence-corrected chi connectivity index (χ4v) is 2.67. The predicted molar refractivity (Wildman–Crippen MR) is 88.7 cm³/mol. The monoisotopic (exact) mass is 310 g/mol. The average molecular weight is 310 g/mol. The summed E-state index contributed by atoms with van der Waals surface area (Å²) in [5, 5.41) is 2.80. The Bertz CT molecular complexity index is 728. The van der Waals surface area contributed by atoms with Crippen LogP contribution < -0.4 is 15.0 Å². The van der Waals surface area contributed by atoms with Gasteiger partial charge in [0.1, 0.15) is 5.75 Å². The number of benzene rings is 2. The Kier molecular flexibility index (Phi) is 4.28. The van der Waals surface area contributed by atoms with Gasteiger partial charge in [0.25, 0.3) is 5.91 Å². The number of fused-ring (bicyclic) bond motifs is 1. The predicted octanol–water partition coefficient (Wildman–Crippen LogP) is 2.61. The first kappa shape index (κ1) is 15.1. The second-order valence-electron chi connectivity index (χ2n) is 5.31. The molecule has 23 heavy (non-hydrogen) atoms. The number of nitrogens with one attached hydrogen (secondary N) is 1. The maximum atomic E-state index is 12.0. The Labute approximate surface area is 134 Å². The number of hydrogen-bond acceptors (Lipinski definition) is 3. The van der Waals surface area contributed by atoms with E-state index in [2.05, 4.69) is 5.32 Å². The normalized spacial score (nSPS) is 12.9. The molecule has 0 aromatic heterocycles. The molecule has 5 nitrogen and oxygen atoms in total. The molecule has 0 aliphatic carbocycles. The van der Waals surface area contributed by atoms with Gasteiger partial charge in [-0.05, 0) is 42.8 Å². The summed E-state index contributed by atoms with van der Waals surface area (Å²) in [4.78, 5) is 25.6. The van der Waals surface area contributed by atoms with Crippen LogP contribution in [0.4, 0.5) is 11.4 Å². The van der Waals surface area contributed by atoms with Gasteiger partial charge in [-0.15, -0.1) is 0 Å². The van der Waals surface area contributed by atoms with Gasteiger partial charge in [0.2, 0.25) is 5.91 Å². The van der Waals surface area contributed by atoms with Crippen molar-refractivity contribution in [3.8, 4) is 5.75 Å². The van der Waals surface area contributed by atoms with E-state index in [9.17, 15) is 9.59 Å². The number of likely N-dealkylation sites (N-methyl/N-ethyl adjacent to an activating group) is 1. The van der Waals surface area contributed by atoms with Crippen LogP contribution in [0.5, 0.6) is 5.75 Å². The van der Waals surface area contributed by atoms with Crippen molar-refractivity contribution in [2.45, 2.75) is 13.3 Å². The van der Waals surface area contributed by atoms with E-state index < -0.39 is 0 Å². The minimum atomic E-state index is -0.231. The molecule has 1 aliphatic rings. The zero-order chi connectivity index (χ0) is 16.2. The number of anilines is 2. The third-order valence-corrected chi connectivity index (χ3v) is 3.73. The molecule has 0 unspecified atom stereocenters. The van der Waals surface area contributed by atoms with Crippen LogP contribution in [0.1, 0.15) is 12.5 Å². The van der Waals surface area contributed by atoms with Crippen LogP contribution in [0.15, 0.2) is 48.5 Å². The summed E-state index contributed by atoms with van der Waals surface area (Å²) in [6, 6.07) is 14.7. The summed E-state index contributed by atoms with van der Waals surface area (Å²) < 4.78 is 5.41. The van der Waals surface area contributed by atoms with E-state index in [1.54, 1.807) is 23.1 Å². The molecule has 0 saturated carbocycles. The third-order valence-electron chi connectivity index (χ3n) is 3.73. The molecule has 0 saturated heterocycles. The molecule has 2 aromatic rings. The minimum absolute atomic E-state index is 0.0545. The van der Waals surface area contributed by atoms with E-state index in [4.69, 9.17) is 4.74 Å². The highest BCUT2D eigenvalue weighted by Crippen LogP contribution is 2.30. The van der Waals surface area contributed by atoms with Crippen molar-refractivity contribution < 1.29 is 14.3 Å². The molecule has 0 spiro atoms. The van der Waals surface area contributed by atoms with Crippen molar-refractivity contribution >= 4 is 23.2 Å². The van der Waals surface area contributed by atoms with Gasteiger partial charge >= 0.3 is 0 Å². The Balaban J connectivity index is 1.62. The molecule has 1 aliphatic heterocycles. The lowest BCUT2D eigenvalue weighted by molar-refractivity contribution is -0.118. The average Bonchev–Trinajstić information content (AvgIpc) is 2.88. The maximum Gasteiger partial charge on any atom is 0.262 e. The highest BCUT2D eigenvalue weighted by molar-refractivity contribution is 6.02. The largest absolute Gasteiger partial charge is 0.484 e. The summed E-state index contributed by atoms with van der Waals surface area (Å²) >= 11 is 0. The molecule has 0 atom stereocenters. The van der Waals surface area contributed by atoms with Crippen LogP contribution in [0.2, 0.25) is 0 Å². The van der Waals surface area contributed by atoms with E-state index in [0.717, 1.165) is 11.3 Å². The highest BCUT2D eigenvalue weighted by Gasteiger charge is 2.25. The molecule has 2 amide bonds. The van der Waals surface area contributed by atoms with E-state index in [-0.39, 0.29) is 18.4 Å². The Morgan fingerprint density at radius 1 is 1.22 bits per heavy atom. The van der Waals surface area contributed by atoms with E-state index in [1.807, 2.05) is 37.3 Å². The Morgan fingerprint density at radius 3 is 2.74 bits per heavy atom. The zero-order valence-electron chi connectivity index (χ0n) is 12.9. The van der Waals surface area contributed by atoms with Crippen molar-refractivity contribution in [3.63, 3.8) is 0 Å². The van der Waals surface area contributed by atoms with Crippen molar-refractivity contribution in [1.82, 2.24) is 0 Å². The lowest BCUT2D eigenvalue weighted by atomic mass is 10.1. The first-order chi connectivity index (χ1) is 11.2. The van der Waals surface area contributed by atoms with Crippen LogP contribution in [-0.2, 0) is 16.0 Å². The number of para-hydroxylation sites is 1. The van der Waals surface area contributed by atoms with Crippen molar-refractivity contribution in [1.29, 1.82) is 0 Å². The number of carbonyl (C=O) groups is 2.